The molecule has 2 aromatic carbocycles. The normalized spacial score (nSPS) is 12.6. The fourth-order valence-electron chi connectivity index (χ4n) is 4.02. The lowest BCUT2D eigenvalue weighted by Crippen LogP contribution is -2.00. The molecule has 0 bridgehead atoms. The van der Waals surface area contributed by atoms with Gasteiger partial charge in [-0.1, -0.05) is 0 Å². The van der Waals surface area contributed by atoms with Gasteiger partial charge < -0.3 is 33.0 Å². The molecule has 0 saturated heterocycles. The van der Waals surface area contributed by atoms with Gasteiger partial charge in [-0.15, -0.1) is 10.2 Å². The van der Waals surface area contributed by atoms with Gasteiger partial charge >= 0.3 is 5.97 Å². The number of rotatable bonds is 8. The van der Waals surface area contributed by atoms with Crippen molar-refractivity contribution in [1.82, 2.24) is 14.8 Å². The smallest absolute Gasteiger partial charge is 0.342 e. The number of methoxy groups -OCH3 is 2. The third-order valence-electron chi connectivity index (χ3n) is 5.78. The number of carboxylic acids is 1. The zero-order valence-corrected chi connectivity index (χ0v) is 21.3. The van der Waals surface area contributed by atoms with Crippen LogP contribution < -0.4 is 18.9 Å². The number of fused-ring (bicyclic) bond motifs is 1. The van der Waals surface area contributed by atoms with Crippen LogP contribution in [0.25, 0.3) is 23.2 Å². The number of carbonyl (C=O) groups is 1. The Labute approximate surface area is 216 Å². The Balaban J connectivity index is 1.44. The topological polar surface area (TPSA) is 118 Å². The van der Waals surface area contributed by atoms with Crippen LogP contribution in [0.3, 0.4) is 0 Å². The van der Waals surface area contributed by atoms with Crippen LogP contribution in [0.2, 0.25) is 0 Å². The molecule has 3 heterocycles. The highest BCUT2D eigenvalue weighted by atomic mass is 32.2. The lowest BCUT2D eigenvalue weighted by molar-refractivity contribution is -0.131. The zero-order chi connectivity index (χ0) is 26.1. The first-order chi connectivity index (χ1) is 17.9. The minimum absolute atomic E-state index is 0.0318. The third-order valence-corrected chi connectivity index (χ3v) is 6.64. The molecule has 0 aliphatic carbocycles. The molecule has 0 unspecified atom stereocenters. The number of thioether (sulfide) groups is 1. The van der Waals surface area contributed by atoms with Gasteiger partial charge in [0, 0.05) is 34.8 Å². The van der Waals surface area contributed by atoms with E-state index in [1.54, 1.807) is 38.5 Å². The Morgan fingerprint density at radius 3 is 2.46 bits per heavy atom. The molecule has 1 N–H and O–H groups in total. The van der Waals surface area contributed by atoms with Gasteiger partial charge in [-0.25, -0.2) is 4.79 Å². The highest BCUT2D eigenvalue weighted by molar-refractivity contribution is 8.03. The standard InChI is InChI=1S/C26H23N3O7S/c1-14-7-16(15(2)29(14)18-5-6-21-22(11-18)35-13-34-21)10-23(25(30)31)37-26-28-27-24(36-26)17-8-19(32-3)12-20(9-17)33-4/h5-12H,13H2,1-4H3,(H,30,31)/b23-10+. The van der Waals surface area contributed by atoms with Gasteiger partial charge in [-0.3, -0.25) is 0 Å². The van der Waals surface area contributed by atoms with Crippen molar-refractivity contribution in [2.75, 3.05) is 21.0 Å². The molecule has 0 saturated carbocycles. The number of ether oxygens (including phenoxy) is 4. The fraction of sp³-hybridized carbons (Fsp3) is 0.192. The second-order valence-corrected chi connectivity index (χ2v) is 9.08. The summed E-state index contributed by atoms with van der Waals surface area (Å²) in [6.45, 7) is 4.07. The van der Waals surface area contributed by atoms with E-state index >= 15 is 0 Å². The molecular weight excluding hydrogens is 498 g/mol. The molecule has 4 aromatic rings. The van der Waals surface area contributed by atoms with Gasteiger partial charge in [-0.2, -0.15) is 0 Å². The van der Waals surface area contributed by atoms with Crippen LogP contribution in [0.5, 0.6) is 23.0 Å². The summed E-state index contributed by atoms with van der Waals surface area (Å²) in [6.07, 6.45) is 1.59. The minimum Gasteiger partial charge on any atom is -0.497 e. The molecule has 5 rings (SSSR count). The van der Waals surface area contributed by atoms with E-state index in [4.69, 9.17) is 23.4 Å². The van der Waals surface area contributed by atoms with Crippen LogP contribution in [0.15, 0.2) is 57.0 Å². The zero-order valence-electron chi connectivity index (χ0n) is 20.5. The van der Waals surface area contributed by atoms with Crippen LogP contribution in [-0.2, 0) is 4.79 Å². The second kappa shape index (κ2) is 9.94. The van der Waals surface area contributed by atoms with E-state index in [2.05, 4.69) is 10.2 Å². The number of hydrogen-bond donors (Lipinski definition) is 1. The molecule has 37 heavy (non-hydrogen) atoms. The van der Waals surface area contributed by atoms with Gasteiger partial charge in [0.2, 0.25) is 12.7 Å². The van der Waals surface area contributed by atoms with Crippen LogP contribution in [0.4, 0.5) is 0 Å². The van der Waals surface area contributed by atoms with Crippen molar-refractivity contribution in [2.45, 2.75) is 19.1 Å². The summed E-state index contributed by atoms with van der Waals surface area (Å²) in [7, 11) is 3.09. The molecule has 0 fully saturated rings. The lowest BCUT2D eigenvalue weighted by atomic mass is 10.2. The second-order valence-electron chi connectivity index (χ2n) is 8.09. The summed E-state index contributed by atoms with van der Waals surface area (Å²) in [4.78, 5) is 12.1. The molecular formula is C26H23N3O7S. The first-order valence-corrected chi connectivity index (χ1v) is 12.0. The van der Waals surface area contributed by atoms with Crippen LogP contribution >= 0.6 is 11.8 Å². The maximum Gasteiger partial charge on any atom is 0.342 e. The third kappa shape index (κ3) is 4.85. The summed E-state index contributed by atoms with van der Waals surface area (Å²) < 4.78 is 29.3. The van der Waals surface area contributed by atoms with Gasteiger partial charge in [-0.05, 0) is 67.6 Å². The molecule has 190 valence electrons. The number of aromatic nitrogens is 3. The summed E-state index contributed by atoms with van der Waals surface area (Å²) in [5.74, 6) is 1.59. The van der Waals surface area contributed by atoms with E-state index in [1.165, 1.54) is 0 Å². The predicted molar refractivity (Wildman–Crippen MR) is 136 cm³/mol. The average molecular weight is 522 g/mol. The largest absolute Gasteiger partial charge is 0.497 e. The minimum atomic E-state index is -1.11. The predicted octanol–water partition coefficient (Wildman–Crippen LogP) is 5.11. The van der Waals surface area contributed by atoms with Crippen LogP contribution in [0.1, 0.15) is 17.0 Å². The molecule has 2 aromatic heterocycles. The van der Waals surface area contributed by atoms with E-state index in [-0.39, 0.29) is 22.8 Å². The van der Waals surface area contributed by atoms with E-state index in [0.29, 0.717) is 28.6 Å². The SMILES string of the molecule is COc1cc(OC)cc(-c2nnc(S/C(=C/c3cc(C)n(-c4ccc5c(c4)OCO5)c3C)C(=O)O)o2)c1. The Kier molecular flexibility index (Phi) is 6.53. The first kappa shape index (κ1) is 24.3. The average Bonchev–Trinajstić information content (AvgIpc) is 3.62. The maximum absolute atomic E-state index is 12.1. The number of hydrogen-bond acceptors (Lipinski definition) is 9. The van der Waals surface area contributed by atoms with Gasteiger partial charge in [0.15, 0.2) is 11.5 Å². The van der Waals surface area contributed by atoms with Crippen molar-refractivity contribution in [3.05, 3.63) is 64.3 Å². The van der Waals surface area contributed by atoms with E-state index < -0.39 is 5.97 Å². The molecule has 0 radical (unpaired) electrons. The molecule has 0 spiro atoms. The molecule has 0 amide bonds. The molecule has 11 heteroatoms. The Hall–Kier alpha value is -4.38. The number of aliphatic carboxylic acids is 1. The van der Waals surface area contributed by atoms with E-state index in [1.807, 2.05) is 42.7 Å². The lowest BCUT2D eigenvalue weighted by Gasteiger charge is -2.10. The van der Waals surface area contributed by atoms with Gasteiger partial charge in [0.25, 0.3) is 5.22 Å². The monoisotopic (exact) mass is 521 g/mol. The maximum atomic E-state index is 12.1. The molecule has 10 nitrogen and oxygen atoms in total. The van der Waals surface area contributed by atoms with Crippen molar-refractivity contribution in [1.29, 1.82) is 0 Å². The highest BCUT2D eigenvalue weighted by Gasteiger charge is 2.20. The van der Waals surface area contributed by atoms with Crippen LogP contribution in [-0.4, -0.2) is 46.9 Å². The van der Waals surface area contributed by atoms with Crippen molar-refractivity contribution in [3.8, 4) is 40.1 Å². The Bertz CT molecular complexity index is 1500. The Morgan fingerprint density at radius 2 is 1.76 bits per heavy atom. The molecule has 1 aliphatic rings. The van der Waals surface area contributed by atoms with E-state index in [0.717, 1.165) is 34.4 Å². The summed E-state index contributed by atoms with van der Waals surface area (Å²) >= 11 is 0.876. The molecule has 0 atom stereocenters. The Morgan fingerprint density at radius 1 is 1.03 bits per heavy atom. The summed E-state index contributed by atoms with van der Waals surface area (Å²) in [6, 6.07) is 12.8. The van der Waals surface area contributed by atoms with Crippen molar-refractivity contribution in [2.24, 2.45) is 0 Å². The van der Waals surface area contributed by atoms with Crippen molar-refractivity contribution >= 4 is 23.8 Å². The fourth-order valence-corrected chi connectivity index (χ4v) is 4.69. The molecule has 1 aliphatic heterocycles. The first-order valence-electron chi connectivity index (χ1n) is 11.1. The van der Waals surface area contributed by atoms with Gasteiger partial charge in [0.1, 0.15) is 16.4 Å². The quantitative estimate of drug-likeness (QED) is 0.248. The van der Waals surface area contributed by atoms with Crippen LogP contribution in [0, 0.1) is 13.8 Å². The van der Waals surface area contributed by atoms with E-state index in [9.17, 15) is 9.90 Å². The number of nitrogens with zero attached hydrogens (tertiary/aromatic N) is 3. The summed E-state index contributed by atoms with van der Waals surface area (Å²) in [5, 5.41) is 18.1. The van der Waals surface area contributed by atoms with Crippen molar-refractivity contribution in [3.63, 3.8) is 0 Å². The highest BCUT2D eigenvalue weighted by Crippen LogP contribution is 2.36. The number of benzene rings is 2. The number of aryl methyl sites for hydroxylation is 1. The summed E-state index contributed by atoms with van der Waals surface area (Å²) in [5.41, 5.74) is 4.02. The number of carboxylic acid groups (broad SMARTS) is 1. The van der Waals surface area contributed by atoms with Gasteiger partial charge in [0.05, 0.1) is 14.2 Å². The van der Waals surface area contributed by atoms with Crippen molar-refractivity contribution < 1.29 is 33.3 Å².